The zero-order valence-electron chi connectivity index (χ0n) is 14.2. The third-order valence-corrected chi connectivity index (χ3v) is 4.11. The minimum Gasteiger partial charge on any atom is -0.491 e. The highest BCUT2D eigenvalue weighted by molar-refractivity contribution is 9.10. The van der Waals surface area contributed by atoms with Gasteiger partial charge in [-0.1, -0.05) is 15.9 Å². The molecule has 1 saturated heterocycles. The largest absolute Gasteiger partial charge is 0.491 e. The fraction of sp³-hybridized carbons (Fsp3) is 0.647. The second kappa shape index (κ2) is 11.3. The van der Waals surface area contributed by atoms with Crippen molar-refractivity contribution in [2.24, 2.45) is 0 Å². The lowest BCUT2D eigenvalue weighted by Crippen LogP contribution is -2.48. The first-order valence-corrected chi connectivity index (χ1v) is 8.84. The van der Waals surface area contributed by atoms with E-state index in [1.54, 1.807) is 0 Å². The molecule has 1 heterocycles. The van der Waals surface area contributed by atoms with Gasteiger partial charge in [-0.25, -0.2) is 0 Å². The summed E-state index contributed by atoms with van der Waals surface area (Å²) in [6.45, 7) is 7.70. The van der Waals surface area contributed by atoms with E-state index in [4.69, 9.17) is 14.2 Å². The summed E-state index contributed by atoms with van der Waals surface area (Å²) in [5, 5.41) is 10.1. The summed E-state index contributed by atoms with van der Waals surface area (Å²) in [6, 6.07) is 7.67. The molecule has 24 heavy (non-hydrogen) atoms. The molecule has 1 aliphatic heterocycles. The first kappa shape index (κ1) is 21.7. The van der Waals surface area contributed by atoms with Gasteiger partial charge in [-0.15, -0.1) is 12.4 Å². The maximum Gasteiger partial charge on any atom is 0.119 e. The molecule has 0 aliphatic carbocycles. The van der Waals surface area contributed by atoms with Gasteiger partial charge < -0.3 is 19.3 Å². The molecule has 7 heteroatoms. The van der Waals surface area contributed by atoms with E-state index >= 15 is 0 Å². The molecular formula is C17H27BrClNO4. The van der Waals surface area contributed by atoms with E-state index in [1.165, 1.54) is 0 Å². The number of β-amino-alcohol motifs (C(OH)–C–C–N with tert-alkyl or cyclic N) is 1. The van der Waals surface area contributed by atoms with Gasteiger partial charge in [0.15, 0.2) is 0 Å². The van der Waals surface area contributed by atoms with E-state index in [1.807, 2.05) is 24.3 Å². The maximum atomic E-state index is 10.1. The summed E-state index contributed by atoms with van der Waals surface area (Å²) >= 11 is 3.38. The molecule has 1 aromatic rings. The van der Waals surface area contributed by atoms with Crippen LogP contribution in [0.15, 0.2) is 28.7 Å². The molecule has 5 nitrogen and oxygen atoms in total. The van der Waals surface area contributed by atoms with Crippen molar-refractivity contribution in [2.75, 3.05) is 39.5 Å². The highest BCUT2D eigenvalue weighted by atomic mass is 79.9. The number of hydrogen-bond acceptors (Lipinski definition) is 5. The summed E-state index contributed by atoms with van der Waals surface area (Å²) in [6.07, 6.45) is -0.0578. The molecule has 138 valence electrons. The Balaban J connectivity index is 0.00000288. The van der Waals surface area contributed by atoms with Crippen LogP contribution >= 0.6 is 28.3 Å². The van der Waals surface area contributed by atoms with Crippen molar-refractivity contribution in [3.05, 3.63) is 28.7 Å². The van der Waals surface area contributed by atoms with Gasteiger partial charge in [0.25, 0.3) is 0 Å². The fourth-order valence-electron chi connectivity index (χ4n) is 2.75. The van der Waals surface area contributed by atoms with Crippen molar-refractivity contribution in [3.63, 3.8) is 0 Å². The van der Waals surface area contributed by atoms with E-state index in [-0.39, 0.29) is 24.6 Å². The van der Waals surface area contributed by atoms with Crippen LogP contribution in [0.4, 0.5) is 0 Å². The van der Waals surface area contributed by atoms with E-state index < -0.39 is 6.10 Å². The number of benzene rings is 1. The minimum absolute atomic E-state index is 0. The van der Waals surface area contributed by atoms with Gasteiger partial charge in [0, 0.05) is 24.1 Å². The molecule has 1 aromatic carbocycles. The summed E-state index contributed by atoms with van der Waals surface area (Å²) in [7, 11) is 0. The Kier molecular flexibility index (Phi) is 10.2. The molecule has 0 amide bonds. The first-order chi connectivity index (χ1) is 11.0. The second-order valence-corrected chi connectivity index (χ2v) is 6.92. The van der Waals surface area contributed by atoms with Gasteiger partial charge in [0.1, 0.15) is 12.4 Å². The lowest BCUT2D eigenvalue weighted by molar-refractivity contribution is -0.0824. The highest BCUT2D eigenvalue weighted by Crippen LogP contribution is 2.16. The van der Waals surface area contributed by atoms with Crippen LogP contribution in [0.2, 0.25) is 0 Å². The van der Waals surface area contributed by atoms with Crippen molar-refractivity contribution in [1.82, 2.24) is 4.90 Å². The van der Waals surface area contributed by atoms with Crippen LogP contribution in [-0.4, -0.2) is 67.8 Å². The van der Waals surface area contributed by atoms with Crippen LogP contribution in [0.25, 0.3) is 0 Å². The molecule has 1 N–H and O–H groups in total. The minimum atomic E-state index is -0.486. The molecule has 2 rings (SSSR count). The maximum absolute atomic E-state index is 10.1. The van der Waals surface area contributed by atoms with E-state index in [2.05, 4.69) is 34.7 Å². The number of aliphatic hydroxyl groups is 1. The number of ether oxygens (including phenoxy) is 3. The number of morpholine rings is 1. The number of rotatable bonds is 8. The Morgan fingerprint density at radius 3 is 2.46 bits per heavy atom. The monoisotopic (exact) mass is 423 g/mol. The Hall–Kier alpha value is -0.370. The number of hydrogen-bond donors (Lipinski definition) is 1. The van der Waals surface area contributed by atoms with E-state index in [0.717, 1.165) is 23.3 Å². The molecule has 0 spiro atoms. The third-order valence-electron chi connectivity index (χ3n) is 3.58. The summed E-state index contributed by atoms with van der Waals surface area (Å²) in [5.74, 6) is 0.814. The molecule has 0 saturated carbocycles. The molecule has 3 atom stereocenters. The quantitative estimate of drug-likeness (QED) is 0.650. The lowest BCUT2D eigenvalue weighted by atomic mass is 10.2. The lowest BCUT2D eigenvalue weighted by Gasteiger charge is -2.36. The summed E-state index contributed by atoms with van der Waals surface area (Å²) in [4.78, 5) is 2.23. The standard InChI is InChI=1S/C17H26BrNO4.ClH/c1-13-9-19(10-14(2)23-13)11-16(20)12-21-7-8-22-17-5-3-15(18)4-6-17;/h3-6,13-14,16,20H,7-12H2,1-2H3;1H. The zero-order chi connectivity index (χ0) is 16.7. The van der Waals surface area contributed by atoms with Crippen molar-refractivity contribution in [1.29, 1.82) is 0 Å². The van der Waals surface area contributed by atoms with Crippen LogP contribution in [-0.2, 0) is 9.47 Å². The normalized spacial score (nSPS) is 22.7. The summed E-state index contributed by atoms with van der Waals surface area (Å²) in [5.41, 5.74) is 0. The molecule has 1 aliphatic rings. The SMILES string of the molecule is CC1CN(CC(O)COCCOc2ccc(Br)cc2)CC(C)O1.Cl. The summed E-state index contributed by atoms with van der Waals surface area (Å²) < 4.78 is 17.8. The fourth-order valence-corrected chi connectivity index (χ4v) is 3.02. The molecular weight excluding hydrogens is 398 g/mol. The Bertz CT molecular complexity index is 452. The Morgan fingerprint density at radius 2 is 1.83 bits per heavy atom. The number of aliphatic hydroxyl groups excluding tert-OH is 1. The predicted molar refractivity (Wildman–Crippen MR) is 100 cm³/mol. The molecule has 0 radical (unpaired) electrons. The predicted octanol–water partition coefficient (Wildman–Crippen LogP) is 2.74. The van der Waals surface area contributed by atoms with Gasteiger partial charge in [0.05, 0.1) is 31.5 Å². The smallest absolute Gasteiger partial charge is 0.119 e. The van der Waals surface area contributed by atoms with Crippen molar-refractivity contribution >= 4 is 28.3 Å². The first-order valence-electron chi connectivity index (χ1n) is 8.05. The van der Waals surface area contributed by atoms with Crippen LogP contribution in [0.1, 0.15) is 13.8 Å². The van der Waals surface area contributed by atoms with Crippen molar-refractivity contribution in [2.45, 2.75) is 32.2 Å². The number of halogens is 2. The zero-order valence-corrected chi connectivity index (χ0v) is 16.6. The highest BCUT2D eigenvalue weighted by Gasteiger charge is 2.23. The van der Waals surface area contributed by atoms with Gasteiger partial charge in [-0.05, 0) is 38.1 Å². The molecule has 0 aromatic heterocycles. The van der Waals surface area contributed by atoms with Crippen LogP contribution in [0.3, 0.4) is 0 Å². The Morgan fingerprint density at radius 1 is 1.21 bits per heavy atom. The number of nitrogens with zero attached hydrogens (tertiary/aromatic N) is 1. The van der Waals surface area contributed by atoms with E-state index in [9.17, 15) is 5.11 Å². The van der Waals surface area contributed by atoms with Gasteiger partial charge in [-0.3, -0.25) is 4.90 Å². The average Bonchev–Trinajstić information content (AvgIpc) is 2.47. The van der Waals surface area contributed by atoms with Crippen LogP contribution in [0.5, 0.6) is 5.75 Å². The van der Waals surface area contributed by atoms with Gasteiger partial charge in [0.2, 0.25) is 0 Å². The van der Waals surface area contributed by atoms with Crippen molar-refractivity contribution < 1.29 is 19.3 Å². The second-order valence-electron chi connectivity index (χ2n) is 6.01. The van der Waals surface area contributed by atoms with Gasteiger partial charge >= 0.3 is 0 Å². The van der Waals surface area contributed by atoms with Gasteiger partial charge in [-0.2, -0.15) is 0 Å². The van der Waals surface area contributed by atoms with Crippen LogP contribution < -0.4 is 4.74 Å². The van der Waals surface area contributed by atoms with Crippen molar-refractivity contribution in [3.8, 4) is 5.75 Å². The topological polar surface area (TPSA) is 51.2 Å². The van der Waals surface area contributed by atoms with Crippen LogP contribution in [0, 0.1) is 0 Å². The average molecular weight is 425 g/mol. The van der Waals surface area contributed by atoms with E-state index in [0.29, 0.717) is 26.4 Å². The third kappa shape index (κ3) is 8.14. The Labute approximate surface area is 158 Å². The molecule has 3 unspecified atom stereocenters. The molecule has 1 fully saturated rings. The molecule has 0 bridgehead atoms.